The summed E-state index contributed by atoms with van der Waals surface area (Å²) in [5.41, 5.74) is 1.39. The van der Waals surface area contributed by atoms with E-state index in [-0.39, 0.29) is 0 Å². The Morgan fingerprint density at radius 1 is 1.00 bits per heavy atom. The Bertz CT molecular complexity index is 1000. The maximum atomic E-state index is 9.50. The monoisotopic (exact) mass is 364 g/mol. The van der Waals surface area contributed by atoms with Gasteiger partial charge in [-0.15, -0.1) is 0 Å². The van der Waals surface area contributed by atoms with Gasteiger partial charge in [-0.1, -0.05) is 11.6 Å². The molecular formula is C19H17ClN6. The van der Waals surface area contributed by atoms with E-state index in [1.165, 1.54) is 0 Å². The second-order valence-electron chi connectivity index (χ2n) is 6.24. The lowest BCUT2D eigenvalue weighted by Crippen LogP contribution is -2.47. The van der Waals surface area contributed by atoms with Crippen molar-refractivity contribution in [2.75, 3.05) is 36.0 Å². The average molecular weight is 365 g/mol. The Hall–Kier alpha value is -2.91. The first kappa shape index (κ1) is 16.6. The smallest absolute Gasteiger partial charge is 0.132 e. The van der Waals surface area contributed by atoms with Crippen LogP contribution in [-0.2, 0) is 0 Å². The molecule has 0 bridgehead atoms. The molecule has 0 amide bonds. The average Bonchev–Trinajstić information content (AvgIpc) is 2.67. The van der Waals surface area contributed by atoms with Gasteiger partial charge in [-0.05, 0) is 37.3 Å². The Morgan fingerprint density at radius 3 is 2.42 bits per heavy atom. The molecule has 26 heavy (non-hydrogen) atoms. The first-order chi connectivity index (χ1) is 12.6. The first-order valence-electron chi connectivity index (χ1n) is 8.44. The van der Waals surface area contributed by atoms with Crippen LogP contribution in [0, 0.1) is 18.3 Å². The summed E-state index contributed by atoms with van der Waals surface area (Å²) < 4.78 is 0. The van der Waals surface area contributed by atoms with Crippen molar-refractivity contribution in [1.82, 2.24) is 15.0 Å². The summed E-state index contributed by atoms with van der Waals surface area (Å²) in [5.74, 6) is 2.56. The molecule has 0 aliphatic carbocycles. The Morgan fingerprint density at radius 2 is 1.73 bits per heavy atom. The number of hydrogen-bond donors (Lipinski definition) is 0. The van der Waals surface area contributed by atoms with E-state index in [4.69, 9.17) is 16.6 Å². The van der Waals surface area contributed by atoms with Gasteiger partial charge in [-0.25, -0.2) is 15.0 Å². The lowest BCUT2D eigenvalue weighted by Gasteiger charge is -2.36. The summed E-state index contributed by atoms with van der Waals surface area (Å²) in [6.45, 7) is 5.23. The number of nitriles is 1. The summed E-state index contributed by atoms with van der Waals surface area (Å²) in [4.78, 5) is 17.8. The molecule has 6 nitrogen and oxygen atoms in total. The summed E-state index contributed by atoms with van der Waals surface area (Å²) >= 11 is 6.06. The molecule has 4 rings (SSSR count). The lowest BCUT2D eigenvalue weighted by atomic mass is 10.1. The van der Waals surface area contributed by atoms with Crippen LogP contribution in [0.25, 0.3) is 10.9 Å². The number of pyridine rings is 1. The van der Waals surface area contributed by atoms with Gasteiger partial charge in [0, 0.05) is 42.8 Å². The van der Waals surface area contributed by atoms with Gasteiger partial charge in [0.25, 0.3) is 0 Å². The highest BCUT2D eigenvalue weighted by atomic mass is 35.5. The molecule has 0 atom stereocenters. The van der Waals surface area contributed by atoms with Crippen LogP contribution in [0.15, 0.2) is 36.5 Å². The summed E-state index contributed by atoms with van der Waals surface area (Å²) in [5, 5.41) is 10.9. The number of halogens is 1. The number of benzene rings is 1. The van der Waals surface area contributed by atoms with Crippen LogP contribution in [0.5, 0.6) is 0 Å². The third-order valence-corrected chi connectivity index (χ3v) is 4.80. The Balaban J connectivity index is 1.58. The number of anilines is 2. The van der Waals surface area contributed by atoms with Crippen LogP contribution < -0.4 is 9.80 Å². The zero-order valence-electron chi connectivity index (χ0n) is 14.4. The van der Waals surface area contributed by atoms with Crippen LogP contribution in [0.2, 0.25) is 5.02 Å². The van der Waals surface area contributed by atoms with Crippen molar-refractivity contribution in [2.45, 2.75) is 6.92 Å². The fourth-order valence-electron chi connectivity index (χ4n) is 3.22. The van der Waals surface area contributed by atoms with Gasteiger partial charge >= 0.3 is 0 Å². The number of nitrogens with zero attached hydrogens (tertiary/aromatic N) is 6. The number of piperazine rings is 1. The molecule has 7 heteroatoms. The molecule has 2 aromatic heterocycles. The molecule has 3 aromatic rings. The summed E-state index contributed by atoms with van der Waals surface area (Å²) in [6.07, 6.45) is 1.79. The van der Waals surface area contributed by atoms with Crippen molar-refractivity contribution in [2.24, 2.45) is 0 Å². The maximum Gasteiger partial charge on any atom is 0.132 e. The molecular weight excluding hydrogens is 348 g/mol. The van der Waals surface area contributed by atoms with Crippen molar-refractivity contribution in [3.8, 4) is 6.07 Å². The molecule has 0 radical (unpaired) electrons. The topological polar surface area (TPSA) is 68.9 Å². The highest BCUT2D eigenvalue weighted by molar-refractivity contribution is 6.31. The van der Waals surface area contributed by atoms with Gasteiger partial charge in [0.05, 0.1) is 17.1 Å². The molecule has 0 saturated carbocycles. The molecule has 3 heterocycles. The van der Waals surface area contributed by atoms with Gasteiger partial charge in [-0.3, -0.25) is 0 Å². The molecule has 0 unspecified atom stereocenters. The summed E-state index contributed by atoms with van der Waals surface area (Å²) in [6, 6.07) is 11.5. The molecule has 0 N–H and O–H groups in total. The maximum absolute atomic E-state index is 9.50. The van der Waals surface area contributed by atoms with Crippen molar-refractivity contribution in [3.63, 3.8) is 0 Å². The zero-order chi connectivity index (χ0) is 18.1. The molecule has 1 aliphatic heterocycles. The van der Waals surface area contributed by atoms with Gasteiger partial charge in [0.2, 0.25) is 0 Å². The third kappa shape index (κ3) is 3.14. The minimum atomic E-state index is 0.598. The number of hydrogen-bond acceptors (Lipinski definition) is 6. The van der Waals surface area contributed by atoms with E-state index in [1.54, 1.807) is 18.3 Å². The SMILES string of the molecule is Cc1nccc(N2CCN(c3cc(C#N)c4cc(Cl)ccc4n3)CC2)n1. The number of rotatable bonds is 2. The van der Waals surface area contributed by atoms with Crippen LogP contribution in [0.3, 0.4) is 0 Å². The largest absolute Gasteiger partial charge is 0.353 e. The second-order valence-corrected chi connectivity index (χ2v) is 6.67. The van der Waals surface area contributed by atoms with Gasteiger partial charge in [0.15, 0.2) is 0 Å². The van der Waals surface area contributed by atoms with Crippen molar-refractivity contribution in [1.29, 1.82) is 5.26 Å². The zero-order valence-corrected chi connectivity index (χ0v) is 15.1. The van der Waals surface area contributed by atoms with Crippen LogP contribution in [0.1, 0.15) is 11.4 Å². The molecule has 1 saturated heterocycles. The minimum absolute atomic E-state index is 0.598. The highest BCUT2D eigenvalue weighted by Crippen LogP contribution is 2.26. The fourth-order valence-corrected chi connectivity index (χ4v) is 3.40. The molecule has 0 spiro atoms. The van der Waals surface area contributed by atoms with Crippen molar-refractivity contribution < 1.29 is 0 Å². The third-order valence-electron chi connectivity index (χ3n) is 4.57. The molecule has 1 aliphatic rings. The first-order valence-corrected chi connectivity index (χ1v) is 8.82. The second kappa shape index (κ2) is 6.77. The van der Waals surface area contributed by atoms with E-state index in [2.05, 4.69) is 25.8 Å². The quantitative estimate of drug-likeness (QED) is 0.695. The van der Waals surface area contributed by atoms with Gasteiger partial charge in [0.1, 0.15) is 17.5 Å². The molecule has 1 fully saturated rings. The Kier molecular flexibility index (Phi) is 4.31. The van der Waals surface area contributed by atoms with E-state index < -0.39 is 0 Å². The van der Waals surface area contributed by atoms with Crippen molar-refractivity contribution >= 4 is 34.1 Å². The number of aromatic nitrogens is 3. The normalized spacial score (nSPS) is 14.5. The van der Waals surface area contributed by atoms with Gasteiger partial charge < -0.3 is 9.80 Å². The van der Waals surface area contributed by atoms with Crippen LogP contribution >= 0.6 is 11.6 Å². The molecule has 130 valence electrons. The van der Waals surface area contributed by atoms with Gasteiger partial charge in [-0.2, -0.15) is 5.26 Å². The Labute approximate surface area is 156 Å². The standard InChI is InChI=1S/C19H17ClN6/c1-13-22-5-4-18(23-13)25-6-8-26(9-7-25)19-10-14(12-21)16-11-15(20)2-3-17(16)24-19/h2-5,10-11H,6-9H2,1H3. The minimum Gasteiger partial charge on any atom is -0.353 e. The van der Waals surface area contributed by atoms with E-state index in [1.807, 2.05) is 25.1 Å². The predicted octanol–water partition coefficient (Wildman–Crippen LogP) is 3.18. The van der Waals surface area contributed by atoms with E-state index in [9.17, 15) is 5.26 Å². The van der Waals surface area contributed by atoms with Crippen LogP contribution in [0.4, 0.5) is 11.6 Å². The van der Waals surface area contributed by atoms with E-state index in [0.29, 0.717) is 10.6 Å². The van der Waals surface area contributed by atoms with Crippen molar-refractivity contribution in [3.05, 3.63) is 52.9 Å². The fraction of sp³-hybridized carbons (Fsp3) is 0.263. The van der Waals surface area contributed by atoms with Crippen LogP contribution in [-0.4, -0.2) is 41.1 Å². The predicted molar refractivity (Wildman–Crippen MR) is 103 cm³/mol. The van der Waals surface area contributed by atoms with E-state index in [0.717, 1.165) is 54.5 Å². The molecule has 1 aromatic carbocycles. The lowest BCUT2D eigenvalue weighted by molar-refractivity contribution is 0.641. The highest BCUT2D eigenvalue weighted by Gasteiger charge is 2.20. The number of aryl methyl sites for hydroxylation is 1. The number of fused-ring (bicyclic) bond motifs is 1. The van der Waals surface area contributed by atoms with E-state index >= 15 is 0 Å². The summed E-state index contributed by atoms with van der Waals surface area (Å²) in [7, 11) is 0.